The summed E-state index contributed by atoms with van der Waals surface area (Å²) in [6, 6.07) is 7.87. The highest BCUT2D eigenvalue weighted by atomic mass is 35.5. The van der Waals surface area contributed by atoms with Gasteiger partial charge in [0.25, 0.3) is 0 Å². The number of ether oxygens (including phenoxy) is 1. The number of anilines is 1. The van der Waals surface area contributed by atoms with Gasteiger partial charge < -0.3 is 9.64 Å². The summed E-state index contributed by atoms with van der Waals surface area (Å²) >= 11 is 8.37. The second kappa shape index (κ2) is 8.79. The zero-order valence-corrected chi connectivity index (χ0v) is 18.7. The molecule has 1 aromatic carbocycles. The summed E-state index contributed by atoms with van der Waals surface area (Å²) in [5, 5.41) is 1.77. The first-order valence-electron chi connectivity index (χ1n) is 10.9. The predicted molar refractivity (Wildman–Crippen MR) is 122 cm³/mol. The molecule has 7 heteroatoms. The smallest absolute Gasteiger partial charge is 0.249 e. The Morgan fingerprint density at radius 2 is 1.97 bits per heavy atom. The van der Waals surface area contributed by atoms with Gasteiger partial charge in [-0.05, 0) is 37.3 Å². The van der Waals surface area contributed by atoms with E-state index in [0.29, 0.717) is 5.02 Å². The summed E-state index contributed by atoms with van der Waals surface area (Å²) in [4.78, 5) is 22.9. The van der Waals surface area contributed by atoms with E-state index in [9.17, 15) is 4.79 Å². The van der Waals surface area contributed by atoms with E-state index >= 15 is 0 Å². The number of hydrogen-bond acceptors (Lipinski definition) is 4. The van der Waals surface area contributed by atoms with Gasteiger partial charge >= 0.3 is 0 Å². The molecule has 0 unspecified atom stereocenters. The van der Waals surface area contributed by atoms with Crippen molar-refractivity contribution < 1.29 is 14.4 Å². The molecule has 3 heterocycles. The first-order valence-corrected chi connectivity index (χ1v) is 12.1. The molecule has 0 saturated carbocycles. The number of halogens is 1. The highest BCUT2D eigenvalue weighted by Gasteiger charge is 2.33. The summed E-state index contributed by atoms with van der Waals surface area (Å²) in [6.45, 7) is 5.48. The molecule has 5 nitrogen and oxygen atoms in total. The number of morpholine rings is 1. The molecule has 0 radical (unpaired) electrons. The number of nitrogens with zero attached hydrogens (tertiary/aromatic N) is 2. The summed E-state index contributed by atoms with van der Waals surface area (Å²) < 4.78 is 5.49. The minimum absolute atomic E-state index is 0.0876. The van der Waals surface area contributed by atoms with Gasteiger partial charge in [-0.25, -0.2) is 0 Å². The molecule has 1 fully saturated rings. The van der Waals surface area contributed by atoms with Gasteiger partial charge in [-0.2, -0.15) is 0 Å². The second-order valence-electron chi connectivity index (χ2n) is 8.19. The van der Waals surface area contributed by atoms with Crippen LogP contribution in [0.5, 0.6) is 0 Å². The van der Waals surface area contributed by atoms with Crippen LogP contribution in [0.25, 0.3) is 0 Å². The van der Waals surface area contributed by atoms with Crippen LogP contribution in [-0.2, 0) is 22.4 Å². The Kier molecular flexibility index (Phi) is 5.92. The zero-order valence-electron chi connectivity index (χ0n) is 17.1. The molecular formula is C23H27ClN3O2S+. The number of aliphatic imine (C=N–C) groups is 1. The molecule has 158 valence electrons. The number of amides is 1. The topological polar surface area (TPSA) is 46.3 Å². The normalized spacial score (nSPS) is 19.8. The van der Waals surface area contributed by atoms with Crippen molar-refractivity contribution in [1.82, 2.24) is 0 Å². The summed E-state index contributed by atoms with van der Waals surface area (Å²) in [5.74, 6) is 0.0876. The SMILES string of the molecule is O=C1CN=C(c2ccccc2Cl)c2c(sc3c2CCCC3)N1CC[NH+]1CCOCC1. The van der Waals surface area contributed by atoms with Crippen LogP contribution < -0.4 is 9.80 Å². The van der Waals surface area contributed by atoms with Crippen molar-refractivity contribution in [2.24, 2.45) is 4.99 Å². The Labute approximate surface area is 186 Å². The van der Waals surface area contributed by atoms with Gasteiger partial charge in [0.15, 0.2) is 0 Å². The van der Waals surface area contributed by atoms with Crippen LogP contribution in [0.3, 0.4) is 0 Å². The molecule has 2 aliphatic heterocycles. The van der Waals surface area contributed by atoms with Crippen molar-refractivity contribution in [2.75, 3.05) is 50.8 Å². The molecular weight excluding hydrogens is 418 g/mol. The molecule has 1 aliphatic carbocycles. The number of carbonyl (C=O) groups excluding carboxylic acids is 1. The van der Waals surface area contributed by atoms with Crippen LogP contribution in [0.1, 0.15) is 34.4 Å². The van der Waals surface area contributed by atoms with Crippen LogP contribution in [0.15, 0.2) is 29.3 Å². The largest absolute Gasteiger partial charge is 0.370 e. The van der Waals surface area contributed by atoms with Crippen molar-refractivity contribution in [1.29, 1.82) is 0 Å². The quantitative estimate of drug-likeness (QED) is 0.787. The highest BCUT2D eigenvalue weighted by molar-refractivity contribution is 7.17. The van der Waals surface area contributed by atoms with Crippen molar-refractivity contribution in [3.63, 3.8) is 0 Å². The van der Waals surface area contributed by atoms with E-state index < -0.39 is 0 Å². The Morgan fingerprint density at radius 1 is 1.17 bits per heavy atom. The lowest BCUT2D eigenvalue weighted by molar-refractivity contribution is -0.906. The lowest BCUT2D eigenvalue weighted by Crippen LogP contribution is -3.14. The molecule has 0 spiro atoms. The fourth-order valence-electron chi connectivity index (χ4n) is 4.69. The van der Waals surface area contributed by atoms with Crippen molar-refractivity contribution in [3.8, 4) is 0 Å². The number of carbonyl (C=O) groups is 1. The molecule has 5 rings (SSSR count). The number of aryl methyl sites for hydroxylation is 1. The zero-order chi connectivity index (χ0) is 20.5. The molecule has 1 N–H and O–H groups in total. The third kappa shape index (κ3) is 3.82. The first-order chi connectivity index (χ1) is 14.7. The van der Waals surface area contributed by atoms with Crippen molar-refractivity contribution in [2.45, 2.75) is 25.7 Å². The third-order valence-corrected chi connectivity index (χ3v) is 7.97. The lowest BCUT2D eigenvalue weighted by Gasteiger charge is -2.27. The van der Waals surface area contributed by atoms with Gasteiger partial charge in [0.05, 0.1) is 32.0 Å². The van der Waals surface area contributed by atoms with Gasteiger partial charge in [-0.15, -0.1) is 11.3 Å². The number of benzene rings is 1. The summed E-state index contributed by atoms with van der Waals surface area (Å²) in [6.07, 6.45) is 4.57. The van der Waals surface area contributed by atoms with Gasteiger partial charge in [0.2, 0.25) is 5.91 Å². The average molecular weight is 445 g/mol. The fourth-order valence-corrected chi connectivity index (χ4v) is 6.35. The van der Waals surface area contributed by atoms with E-state index in [2.05, 4.69) is 0 Å². The van der Waals surface area contributed by atoms with E-state index in [0.717, 1.165) is 74.1 Å². The predicted octanol–water partition coefficient (Wildman–Crippen LogP) is 2.38. The van der Waals surface area contributed by atoms with Gasteiger partial charge in [0.1, 0.15) is 24.6 Å². The molecule has 0 bridgehead atoms. The first kappa shape index (κ1) is 20.2. The highest BCUT2D eigenvalue weighted by Crippen LogP contribution is 2.43. The van der Waals surface area contributed by atoms with Gasteiger partial charge in [0, 0.05) is 21.0 Å². The van der Waals surface area contributed by atoms with E-state index in [-0.39, 0.29) is 12.5 Å². The Hall–Kier alpha value is -1.73. The monoisotopic (exact) mass is 444 g/mol. The van der Waals surface area contributed by atoms with Crippen molar-refractivity contribution >= 4 is 39.6 Å². The van der Waals surface area contributed by atoms with Crippen LogP contribution in [0.4, 0.5) is 5.00 Å². The minimum atomic E-state index is 0.0876. The molecule has 0 atom stereocenters. The number of thiophene rings is 1. The molecule has 1 saturated heterocycles. The Bertz CT molecular complexity index is 981. The van der Waals surface area contributed by atoms with Gasteiger partial charge in [-0.3, -0.25) is 14.7 Å². The molecule has 2 aromatic rings. The molecule has 1 amide bonds. The molecule has 30 heavy (non-hydrogen) atoms. The number of rotatable bonds is 4. The maximum atomic E-state index is 13.2. The molecule has 3 aliphatic rings. The van der Waals surface area contributed by atoms with Crippen LogP contribution in [-0.4, -0.2) is 57.6 Å². The van der Waals surface area contributed by atoms with E-state index in [4.69, 9.17) is 21.3 Å². The van der Waals surface area contributed by atoms with E-state index in [1.165, 1.54) is 28.2 Å². The van der Waals surface area contributed by atoms with Gasteiger partial charge in [-0.1, -0.05) is 29.8 Å². The molecule has 1 aromatic heterocycles. The van der Waals surface area contributed by atoms with E-state index in [1.807, 2.05) is 29.2 Å². The van der Waals surface area contributed by atoms with Crippen LogP contribution in [0, 0.1) is 0 Å². The standard InChI is InChI=1S/C23H26ClN3O2S/c24-18-7-3-1-5-16(18)22-21-17-6-2-4-8-19(17)30-23(21)27(20(28)15-25-22)10-9-26-11-13-29-14-12-26/h1,3,5,7H,2,4,6,8-15H2/p+1. The minimum Gasteiger partial charge on any atom is -0.370 e. The summed E-state index contributed by atoms with van der Waals surface area (Å²) in [7, 11) is 0. The maximum Gasteiger partial charge on any atom is 0.249 e. The van der Waals surface area contributed by atoms with Crippen molar-refractivity contribution in [3.05, 3.63) is 50.9 Å². The second-order valence-corrected chi connectivity index (χ2v) is 9.68. The third-order valence-electron chi connectivity index (χ3n) is 6.33. The Balaban J connectivity index is 1.55. The fraction of sp³-hybridized carbons (Fsp3) is 0.478. The summed E-state index contributed by atoms with van der Waals surface area (Å²) in [5.41, 5.74) is 4.37. The number of fused-ring (bicyclic) bond motifs is 3. The van der Waals surface area contributed by atoms with Crippen LogP contribution in [0.2, 0.25) is 5.02 Å². The van der Waals surface area contributed by atoms with Crippen LogP contribution >= 0.6 is 22.9 Å². The number of hydrogen-bond donors (Lipinski definition) is 1. The van der Waals surface area contributed by atoms with E-state index in [1.54, 1.807) is 11.3 Å². The number of nitrogens with one attached hydrogen (secondary N) is 1. The average Bonchev–Trinajstić information content (AvgIpc) is 3.09. The lowest BCUT2D eigenvalue weighted by atomic mass is 9.91. The Morgan fingerprint density at radius 3 is 2.80 bits per heavy atom. The maximum absolute atomic E-state index is 13.2. The number of quaternary nitrogens is 1.